The van der Waals surface area contributed by atoms with Gasteiger partial charge in [0.2, 0.25) is 0 Å². The maximum atomic E-state index is 6.21. The molecule has 3 nitrogen and oxygen atoms in total. The molecule has 0 saturated heterocycles. The molecule has 0 amide bonds. The zero-order valence-corrected chi connectivity index (χ0v) is 9.65. The van der Waals surface area contributed by atoms with Crippen LogP contribution in [-0.2, 0) is 0 Å². The normalized spacial score (nSPS) is 12.4. The van der Waals surface area contributed by atoms with Crippen LogP contribution in [0, 0.1) is 6.92 Å². The molecule has 1 unspecified atom stereocenters. The van der Waals surface area contributed by atoms with E-state index in [-0.39, 0.29) is 6.04 Å². The van der Waals surface area contributed by atoms with Crippen LogP contribution in [0.2, 0.25) is 5.02 Å². The van der Waals surface area contributed by atoms with Crippen LogP contribution >= 0.6 is 11.6 Å². The van der Waals surface area contributed by atoms with E-state index in [0.717, 1.165) is 16.8 Å². The van der Waals surface area contributed by atoms with Gasteiger partial charge in [0.25, 0.3) is 0 Å². The minimum atomic E-state index is -0.332. The number of nitrogens with two attached hydrogens (primary N) is 1. The third-order valence-corrected chi connectivity index (χ3v) is 2.97. The summed E-state index contributed by atoms with van der Waals surface area (Å²) >= 11 is 6.21. The fourth-order valence-corrected chi connectivity index (χ4v) is 1.78. The summed E-state index contributed by atoms with van der Waals surface area (Å²) in [5.41, 5.74) is 8.71. The Balaban J connectivity index is 2.42. The first-order valence-electron chi connectivity index (χ1n) is 4.96. The molecule has 82 valence electrons. The van der Waals surface area contributed by atoms with Gasteiger partial charge in [-0.2, -0.15) is 0 Å². The van der Waals surface area contributed by atoms with Gasteiger partial charge in [0.15, 0.2) is 0 Å². The van der Waals surface area contributed by atoms with Gasteiger partial charge < -0.3 is 5.73 Å². The summed E-state index contributed by atoms with van der Waals surface area (Å²) in [6, 6.07) is 5.47. The molecule has 2 N–H and O–H groups in total. The Kier molecular flexibility index (Phi) is 3.17. The third-order valence-electron chi connectivity index (χ3n) is 2.46. The molecule has 0 bridgehead atoms. The number of hydrogen-bond acceptors (Lipinski definition) is 3. The van der Waals surface area contributed by atoms with Gasteiger partial charge in [-0.05, 0) is 18.1 Å². The number of aryl methyl sites for hydroxylation is 1. The number of benzene rings is 1. The lowest BCUT2D eigenvalue weighted by Gasteiger charge is -2.13. The lowest BCUT2D eigenvalue weighted by Crippen LogP contribution is -2.14. The molecule has 1 aromatic carbocycles. The van der Waals surface area contributed by atoms with Crippen molar-refractivity contribution in [2.24, 2.45) is 5.73 Å². The third kappa shape index (κ3) is 2.05. The fraction of sp³-hybridized carbons (Fsp3) is 0.167. The van der Waals surface area contributed by atoms with Gasteiger partial charge >= 0.3 is 0 Å². The second kappa shape index (κ2) is 4.60. The Hall–Kier alpha value is -1.45. The van der Waals surface area contributed by atoms with E-state index in [4.69, 9.17) is 17.3 Å². The Bertz CT molecular complexity index is 485. The summed E-state index contributed by atoms with van der Waals surface area (Å²) in [5.74, 6) is 0. The highest BCUT2D eigenvalue weighted by molar-refractivity contribution is 6.32. The minimum Gasteiger partial charge on any atom is -0.319 e. The summed E-state index contributed by atoms with van der Waals surface area (Å²) in [6.07, 6.45) is 4.90. The Morgan fingerprint density at radius 1 is 1.31 bits per heavy atom. The first kappa shape index (κ1) is 11.0. The van der Waals surface area contributed by atoms with Crippen molar-refractivity contribution >= 4 is 11.6 Å². The summed E-state index contributed by atoms with van der Waals surface area (Å²) in [6.45, 7) is 1.95. The van der Waals surface area contributed by atoms with Crippen molar-refractivity contribution in [2.45, 2.75) is 13.0 Å². The van der Waals surface area contributed by atoms with Crippen LogP contribution in [-0.4, -0.2) is 9.97 Å². The Morgan fingerprint density at radius 3 is 2.81 bits per heavy atom. The highest BCUT2D eigenvalue weighted by atomic mass is 35.5. The van der Waals surface area contributed by atoms with E-state index in [9.17, 15) is 0 Å². The number of rotatable bonds is 2. The maximum Gasteiger partial charge on any atom is 0.0799 e. The molecule has 2 rings (SSSR count). The largest absolute Gasteiger partial charge is 0.319 e. The quantitative estimate of drug-likeness (QED) is 0.867. The Morgan fingerprint density at radius 2 is 2.12 bits per heavy atom. The second-order valence-corrected chi connectivity index (χ2v) is 3.96. The van der Waals surface area contributed by atoms with Gasteiger partial charge in [0, 0.05) is 17.4 Å². The van der Waals surface area contributed by atoms with E-state index in [1.54, 1.807) is 18.6 Å². The highest BCUT2D eigenvalue weighted by Gasteiger charge is 2.14. The number of nitrogens with zero attached hydrogens (tertiary/aromatic N) is 2. The molecule has 1 heterocycles. The van der Waals surface area contributed by atoms with E-state index in [0.29, 0.717) is 5.02 Å². The second-order valence-electron chi connectivity index (χ2n) is 3.59. The first-order valence-corrected chi connectivity index (χ1v) is 5.34. The molecule has 2 aromatic rings. The molecule has 0 spiro atoms. The standard InChI is InChI=1S/C12H12ClN3/c1-8-3-2-4-9(11(8)13)12(14)10-7-15-5-6-16-10/h2-7,12H,14H2,1H3. The first-order chi connectivity index (χ1) is 7.70. The lowest BCUT2D eigenvalue weighted by molar-refractivity contribution is 0.817. The number of hydrogen-bond donors (Lipinski definition) is 1. The van der Waals surface area contributed by atoms with Crippen LogP contribution in [0.4, 0.5) is 0 Å². The number of aromatic nitrogens is 2. The minimum absolute atomic E-state index is 0.332. The molecule has 0 radical (unpaired) electrons. The van der Waals surface area contributed by atoms with Gasteiger partial charge in [0.05, 0.1) is 17.9 Å². The van der Waals surface area contributed by atoms with E-state index in [2.05, 4.69) is 9.97 Å². The predicted molar refractivity (Wildman–Crippen MR) is 64.3 cm³/mol. The predicted octanol–water partition coefficient (Wildman–Crippen LogP) is 2.49. The molecular weight excluding hydrogens is 222 g/mol. The van der Waals surface area contributed by atoms with E-state index >= 15 is 0 Å². The van der Waals surface area contributed by atoms with E-state index in [1.807, 2.05) is 25.1 Å². The van der Waals surface area contributed by atoms with Crippen molar-refractivity contribution in [3.05, 3.63) is 58.6 Å². The molecular formula is C12H12ClN3. The van der Waals surface area contributed by atoms with Gasteiger partial charge in [-0.15, -0.1) is 0 Å². The van der Waals surface area contributed by atoms with E-state index in [1.165, 1.54) is 0 Å². The van der Waals surface area contributed by atoms with Gasteiger partial charge in [-0.3, -0.25) is 9.97 Å². The molecule has 1 aromatic heterocycles. The molecule has 16 heavy (non-hydrogen) atoms. The SMILES string of the molecule is Cc1cccc(C(N)c2cnccn2)c1Cl. The summed E-state index contributed by atoms with van der Waals surface area (Å²) in [4.78, 5) is 8.18. The van der Waals surface area contributed by atoms with Crippen molar-refractivity contribution in [1.82, 2.24) is 9.97 Å². The van der Waals surface area contributed by atoms with Crippen molar-refractivity contribution in [2.75, 3.05) is 0 Å². The van der Waals surface area contributed by atoms with Gasteiger partial charge in [0.1, 0.15) is 0 Å². The average Bonchev–Trinajstić information content (AvgIpc) is 2.33. The molecule has 4 heteroatoms. The van der Waals surface area contributed by atoms with Crippen LogP contribution in [0.5, 0.6) is 0 Å². The Labute approximate surface area is 99.3 Å². The van der Waals surface area contributed by atoms with Gasteiger partial charge in [-0.25, -0.2) is 0 Å². The summed E-state index contributed by atoms with van der Waals surface area (Å²) < 4.78 is 0. The van der Waals surface area contributed by atoms with Crippen molar-refractivity contribution in [3.63, 3.8) is 0 Å². The molecule has 0 aliphatic heterocycles. The highest BCUT2D eigenvalue weighted by Crippen LogP contribution is 2.27. The van der Waals surface area contributed by atoms with Crippen LogP contribution < -0.4 is 5.73 Å². The monoisotopic (exact) mass is 233 g/mol. The van der Waals surface area contributed by atoms with Gasteiger partial charge in [-0.1, -0.05) is 29.8 Å². The summed E-state index contributed by atoms with van der Waals surface area (Å²) in [7, 11) is 0. The van der Waals surface area contributed by atoms with Crippen molar-refractivity contribution in [1.29, 1.82) is 0 Å². The average molecular weight is 234 g/mol. The molecule has 0 aliphatic carbocycles. The van der Waals surface area contributed by atoms with Crippen molar-refractivity contribution in [3.8, 4) is 0 Å². The topological polar surface area (TPSA) is 51.8 Å². The van der Waals surface area contributed by atoms with Crippen LogP contribution in [0.25, 0.3) is 0 Å². The smallest absolute Gasteiger partial charge is 0.0799 e. The zero-order valence-electron chi connectivity index (χ0n) is 8.89. The van der Waals surface area contributed by atoms with Crippen LogP contribution in [0.15, 0.2) is 36.8 Å². The lowest BCUT2D eigenvalue weighted by atomic mass is 10.0. The molecule has 0 saturated carbocycles. The van der Waals surface area contributed by atoms with Crippen LogP contribution in [0.3, 0.4) is 0 Å². The summed E-state index contributed by atoms with van der Waals surface area (Å²) in [5, 5.41) is 0.695. The van der Waals surface area contributed by atoms with Crippen LogP contribution in [0.1, 0.15) is 22.9 Å². The molecule has 0 aliphatic rings. The molecule has 0 fully saturated rings. The number of halogens is 1. The maximum absolute atomic E-state index is 6.21. The van der Waals surface area contributed by atoms with E-state index < -0.39 is 0 Å². The molecule has 1 atom stereocenters. The van der Waals surface area contributed by atoms with Crippen molar-refractivity contribution < 1.29 is 0 Å². The zero-order chi connectivity index (χ0) is 11.5. The fourth-order valence-electron chi connectivity index (χ4n) is 1.54.